The van der Waals surface area contributed by atoms with Crippen molar-refractivity contribution in [3.05, 3.63) is 15.9 Å². The molecular weight excluding hydrogens is 344 g/mol. The van der Waals surface area contributed by atoms with Gasteiger partial charge in [-0.1, -0.05) is 13.8 Å². The van der Waals surface area contributed by atoms with E-state index < -0.39 is 0 Å². The van der Waals surface area contributed by atoms with Gasteiger partial charge in [0, 0.05) is 13.1 Å². The standard InChI is InChI=1S/C13H21BrN4O.ClH/c1-8(2)11-10(14)12(17-16-11)13(19)18-5-4-9(7-18)6-15-3;/h8-9,15H,4-7H2,1-3H3,(H,16,17);1H. The third-order valence-corrected chi connectivity index (χ3v) is 4.38. The first-order chi connectivity index (χ1) is 9.04. The molecule has 1 unspecified atom stereocenters. The summed E-state index contributed by atoms with van der Waals surface area (Å²) < 4.78 is 0.810. The van der Waals surface area contributed by atoms with E-state index in [1.54, 1.807) is 0 Å². The summed E-state index contributed by atoms with van der Waals surface area (Å²) in [6.07, 6.45) is 1.06. The third kappa shape index (κ3) is 3.54. The van der Waals surface area contributed by atoms with Gasteiger partial charge in [0.1, 0.15) is 0 Å². The highest BCUT2D eigenvalue weighted by Crippen LogP contribution is 2.27. The van der Waals surface area contributed by atoms with Crippen LogP contribution in [0.4, 0.5) is 0 Å². The van der Waals surface area contributed by atoms with E-state index in [0.29, 0.717) is 17.5 Å². The lowest BCUT2D eigenvalue weighted by atomic mass is 10.1. The number of aromatic amines is 1. The minimum atomic E-state index is 0. The fourth-order valence-corrected chi connectivity index (χ4v) is 3.29. The van der Waals surface area contributed by atoms with Crippen molar-refractivity contribution in [1.82, 2.24) is 20.4 Å². The Hall–Kier alpha value is -0.590. The molecule has 1 aliphatic heterocycles. The number of carbonyl (C=O) groups is 1. The highest BCUT2D eigenvalue weighted by Gasteiger charge is 2.29. The number of amides is 1. The Morgan fingerprint density at radius 1 is 1.60 bits per heavy atom. The fraction of sp³-hybridized carbons (Fsp3) is 0.692. The molecule has 2 rings (SSSR count). The number of halogens is 2. The van der Waals surface area contributed by atoms with E-state index in [1.807, 2.05) is 11.9 Å². The van der Waals surface area contributed by atoms with Crippen molar-refractivity contribution in [2.45, 2.75) is 26.2 Å². The SMILES string of the molecule is CNCC1CCN(C(=O)c2n[nH]c(C(C)C)c2Br)C1.Cl. The number of hydrogen-bond acceptors (Lipinski definition) is 3. The summed E-state index contributed by atoms with van der Waals surface area (Å²) in [6.45, 7) is 6.75. The van der Waals surface area contributed by atoms with Gasteiger partial charge in [-0.05, 0) is 47.8 Å². The first kappa shape index (κ1) is 17.5. The molecule has 5 nitrogen and oxygen atoms in total. The minimum absolute atomic E-state index is 0. The lowest BCUT2D eigenvalue weighted by Gasteiger charge is -2.15. The fourth-order valence-electron chi connectivity index (χ4n) is 2.49. The van der Waals surface area contributed by atoms with Crippen LogP contribution in [0.2, 0.25) is 0 Å². The number of carbonyl (C=O) groups excluding carboxylic acids is 1. The van der Waals surface area contributed by atoms with Gasteiger partial charge in [-0.25, -0.2) is 0 Å². The summed E-state index contributed by atoms with van der Waals surface area (Å²) in [7, 11) is 1.95. The number of nitrogens with one attached hydrogen (secondary N) is 2. The number of aromatic nitrogens is 2. The van der Waals surface area contributed by atoms with Crippen LogP contribution in [-0.2, 0) is 0 Å². The summed E-state index contributed by atoms with van der Waals surface area (Å²) in [5, 5.41) is 10.3. The van der Waals surface area contributed by atoms with Crippen molar-refractivity contribution in [3.8, 4) is 0 Å². The molecular formula is C13H22BrClN4O. The van der Waals surface area contributed by atoms with Crippen LogP contribution >= 0.6 is 28.3 Å². The van der Waals surface area contributed by atoms with Gasteiger partial charge < -0.3 is 10.2 Å². The predicted molar refractivity (Wildman–Crippen MR) is 85.6 cm³/mol. The Morgan fingerprint density at radius 3 is 2.85 bits per heavy atom. The van der Waals surface area contributed by atoms with Crippen molar-refractivity contribution in [3.63, 3.8) is 0 Å². The summed E-state index contributed by atoms with van der Waals surface area (Å²) in [6, 6.07) is 0. The molecule has 2 heterocycles. The van der Waals surface area contributed by atoms with Crippen LogP contribution in [0.3, 0.4) is 0 Å². The molecule has 0 aliphatic carbocycles. The summed E-state index contributed by atoms with van der Waals surface area (Å²) in [5.41, 5.74) is 1.49. The maximum absolute atomic E-state index is 12.4. The van der Waals surface area contributed by atoms with Crippen molar-refractivity contribution in [2.75, 3.05) is 26.7 Å². The van der Waals surface area contributed by atoms with Crippen LogP contribution in [-0.4, -0.2) is 47.7 Å². The number of rotatable bonds is 4. The highest BCUT2D eigenvalue weighted by molar-refractivity contribution is 9.10. The predicted octanol–water partition coefficient (Wildman–Crippen LogP) is 2.40. The Balaban J connectivity index is 0.00000200. The van der Waals surface area contributed by atoms with E-state index in [9.17, 15) is 4.79 Å². The largest absolute Gasteiger partial charge is 0.337 e. The molecule has 0 radical (unpaired) electrons. The maximum atomic E-state index is 12.4. The van der Waals surface area contributed by atoms with E-state index >= 15 is 0 Å². The zero-order valence-electron chi connectivity index (χ0n) is 12.1. The average Bonchev–Trinajstić information content (AvgIpc) is 2.95. The Morgan fingerprint density at radius 2 is 2.30 bits per heavy atom. The number of likely N-dealkylation sites (tertiary alicyclic amines) is 1. The van der Waals surface area contributed by atoms with Gasteiger partial charge in [-0.15, -0.1) is 12.4 Å². The first-order valence-corrected chi connectivity index (χ1v) is 7.51. The van der Waals surface area contributed by atoms with Gasteiger partial charge in [-0.2, -0.15) is 5.10 Å². The molecule has 0 aromatic carbocycles. The van der Waals surface area contributed by atoms with Gasteiger partial charge in [0.25, 0.3) is 5.91 Å². The summed E-state index contributed by atoms with van der Waals surface area (Å²) in [5.74, 6) is 0.893. The zero-order valence-corrected chi connectivity index (χ0v) is 14.5. The molecule has 1 atom stereocenters. The molecule has 7 heteroatoms. The smallest absolute Gasteiger partial charge is 0.275 e. The molecule has 2 N–H and O–H groups in total. The molecule has 1 fully saturated rings. The maximum Gasteiger partial charge on any atom is 0.275 e. The highest BCUT2D eigenvalue weighted by atomic mass is 79.9. The van der Waals surface area contributed by atoms with Crippen LogP contribution in [0.5, 0.6) is 0 Å². The monoisotopic (exact) mass is 364 g/mol. The number of H-pyrrole nitrogens is 1. The van der Waals surface area contributed by atoms with E-state index in [0.717, 1.165) is 36.2 Å². The zero-order chi connectivity index (χ0) is 14.0. The molecule has 1 amide bonds. The van der Waals surface area contributed by atoms with Gasteiger partial charge in [0.05, 0.1) is 10.2 Å². The molecule has 1 saturated heterocycles. The van der Waals surface area contributed by atoms with Gasteiger partial charge in [0.15, 0.2) is 5.69 Å². The van der Waals surface area contributed by atoms with Gasteiger partial charge in [0.2, 0.25) is 0 Å². The second kappa shape index (κ2) is 7.43. The van der Waals surface area contributed by atoms with Crippen molar-refractivity contribution in [2.24, 2.45) is 5.92 Å². The second-order valence-electron chi connectivity index (χ2n) is 5.42. The van der Waals surface area contributed by atoms with E-state index in [1.165, 1.54) is 0 Å². The molecule has 0 bridgehead atoms. The van der Waals surface area contributed by atoms with Crippen molar-refractivity contribution < 1.29 is 4.79 Å². The minimum Gasteiger partial charge on any atom is -0.337 e. The number of hydrogen-bond donors (Lipinski definition) is 2. The van der Waals surface area contributed by atoms with Crippen LogP contribution < -0.4 is 5.32 Å². The van der Waals surface area contributed by atoms with Crippen LogP contribution in [0.15, 0.2) is 4.47 Å². The van der Waals surface area contributed by atoms with Crippen LogP contribution in [0, 0.1) is 5.92 Å². The van der Waals surface area contributed by atoms with Crippen LogP contribution in [0.25, 0.3) is 0 Å². The topological polar surface area (TPSA) is 61.0 Å². The van der Waals surface area contributed by atoms with E-state index in [-0.39, 0.29) is 18.3 Å². The van der Waals surface area contributed by atoms with Crippen molar-refractivity contribution >= 4 is 34.2 Å². The molecule has 1 aliphatic rings. The van der Waals surface area contributed by atoms with E-state index in [2.05, 4.69) is 45.3 Å². The van der Waals surface area contributed by atoms with Crippen molar-refractivity contribution in [1.29, 1.82) is 0 Å². The lowest BCUT2D eigenvalue weighted by molar-refractivity contribution is 0.0780. The molecule has 0 spiro atoms. The molecule has 1 aromatic rings. The first-order valence-electron chi connectivity index (χ1n) is 6.72. The number of nitrogens with zero attached hydrogens (tertiary/aromatic N) is 2. The Kier molecular flexibility index (Phi) is 6.48. The Labute approximate surface area is 134 Å². The average molecular weight is 366 g/mol. The molecule has 0 saturated carbocycles. The summed E-state index contributed by atoms with van der Waals surface area (Å²) >= 11 is 3.49. The lowest BCUT2D eigenvalue weighted by Crippen LogP contribution is -2.30. The molecule has 20 heavy (non-hydrogen) atoms. The van der Waals surface area contributed by atoms with Gasteiger partial charge in [-0.3, -0.25) is 9.89 Å². The third-order valence-electron chi connectivity index (χ3n) is 3.58. The van der Waals surface area contributed by atoms with Crippen LogP contribution in [0.1, 0.15) is 42.4 Å². The Bertz CT molecular complexity index is 463. The van der Waals surface area contributed by atoms with E-state index in [4.69, 9.17) is 0 Å². The quantitative estimate of drug-likeness (QED) is 0.861. The summed E-state index contributed by atoms with van der Waals surface area (Å²) in [4.78, 5) is 14.3. The molecule has 1 aromatic heterocycles. The molecule has 114 valence electrons. The second-order valence-corrected chi connectivity index (χ2v) is 6.21. The normalized spacial score (nSPS) is 18.4. The van der Waals surface area contributed by atoms with Gasteiger partial charge >= 0.3 is 0 Å².